The molecule has 2 amide bonds. The van der Waals surface area contributed by atoms with Gasteiger partial charge in [0.1, 0.15) is 5.75 Å². The maximum atomic E-state index is 12.4. The molecule has 0 unspecified atom stereocenters. The highest BCUT2D eigenvalue weighted by Gasteiger charge is 2.27. The molecular formula is C22H27N3O3. The number of anilines is 1. The van der Waals surface area contributed by atoms with Crippen molar-refractivity contribution in [2.75, 3.05) is 18.1 Å². The van der Waals surface area contributed by atoms with Gasteiger partial charge in [-0.05, 0) is 41.2 Å². The molecule has 0 atom stereocenters. The number of carbonyl (C=O) groups excluding carboxylic acids is 2. The number of carbonyl (C=O) groups is 2. The van der Waals surface area contributed by atoms with Gasteiger partial charge >= 0.3 is 0 Å². The fourth-order valence-corrected chi connectivity index (χ4v) is 3.10. The largest absolute Gasteiger partial charge is 0.482 e. The molecule has 3 rings (SSSR count). The average Bonchev–Trinajstić information content (AvgIpc) is 2.68. The molecule has 148 valence electrons. The Hall–Kier alpha value is -2.89. The van der Waals surface area contributed by atoms with Gasteiger partial charge in [0.05, 0.1) is 5.69 Å². The zero-order valence-electron chi connectivity index (χ0n) is 16.7. The minimum Gasteiger partial charge on any atom is -0.482 e. The Morgan fingerprint density at radius 3 is 2.82 bits per heavy atom. The number of fused-ring (bicyclic) bond motifs is 1. The van der Waals surface area contributed by atoms with Gasteiger partial charge in [-0.15, -0.1) is 0 Å². The third-order valence-electron chi connectivity index (χ3n) is 4.77. The maximum Gasteiger partial charge on any atom is 0.265 e. The van der Waals surface area contributed by atoms with Gasteiger partial charge in [-0.1, -0.05) is 32.9 Å². The van der Waals surface area contributed by atoms with Crippen LogP contribution in [0.4, 0.5) is 5.69 Å². The minimum atomic E-state index is -0.0747. The van der Waals surface area contributed by atoms with E-state index in [1.54, 1.807) is 17.3 Å². The van der Waals surface area contributed by atoms with Gasteiger partial charge in [-0.2, -0.15) is 0 Å². The molecule has 1 aliphatic heterocycles. The van der Waals surface area contributed by atoms with Crippen LogP contribution in [0.15, 0.2) is 42.7 Å². The molecule has 0 radical (unpaired) electrons. The molecule has 28 heavy (non-hydrogen) atoms. The Bertz CT molecular complexity index is 844. The lowest BCUT2D eigenvalue weighted by Crippen LogP contribution is -2.40. The van der Waals surface area contributed by atoms with Crippen molar-refractivity contribution in [3.63, 3.8) is 0 Å². The van der Waals surface area contributed by atoms with E-state index in [1.807, 2.05) is 30.3 Å². The second-order valence-electron chi connectivity index (χ2n) is 8.01. The molecule has 2 heterocycles. The van der Waals surface area contributed by atoms with E-state index in [9.17, 15) is 9.59 Å². The van der Waals surface area contributed by atoms with Crippen LogP contribution in [0.3, 0.4) is 0 Å². The number of hydrogen-bond donors (Lipinski definition) is 1. The predicted molar refractivity (Wildman–Crippen MR) is 108 cm³/mol. The van der Waals surface area contributed by atoms with E-state index >= 15 is 0 Å². The zero-order chi connectivity index (χ0) is 20.1. The van der Waals surface area contributed by atoms with Crippen molar-refractivity contribution >= 4 is 17.5 Å². The number of amides is 2. The van der Waals surface area contributed by atoms with Crippen molar-refractivity contribution in [2.45, 2.75) is 45.6 Å². The van der Waals surface area contributed by atoms with Crippen molar-refractivity contribution < 1.29 is 14.3 Å². The van der Waals surface area contributed by atoms with Crippen LogP contribution in [0.2, 0.25) is 0 Å². The van der Waals surface area contributed by atoms with Crippen LogP contribution >= 0.6 is 0 Å². The first-order chi connectivity index (χ1) is 13.3. The van der Waals surface area contributed by atoms with E-state index < -0.39 is 0 Å². The minimum absolute atomic E-state index is 0.0205. The first kappa shape index (κ1) is 19.9. The van der Waals surface area contributed by atoms with Gasteiger partial charge in [0.25, 0.3) is 5.91 Å². The quantitative estimate of drug-likeness (QED) is 0.834. The molecule has 0 saturated carbocycles. The number of aromatic nitrogens is 1. The van der Waals surface area contributed by atoms with Crippen LogP contribution in [0.25, 0.3) is 0 Å². The summed E-state index contributed by atoms with van der Waals surface area (Å²) in [5.41, 5.74) is 2.87. The van der Waals surface area contributed by atoms with Crippen molar-refractivity contribution in [2.24, 2.45) is 0 Å². The highest BCUT2D eigenvalue weighted by atomic mass is 16.5. The molecule has 0 saturated heterocycles. The van der Waals surface area contributed by atoms with Crippen molar-refractivity contribution in [3.05, 3.63) is 53.9 Å². The van der Waals surface area contributed by atoms with Crippen LogP contribution in [-0.4, -0.2) is 29.9 Å². The van der Waals surface area contributed by atoms with E-state index in [1.165, 1.54) is 0 Å². The van der Waals surface area contributed by atoms with E-state index in [2.05, 4.69) is 31.1 Å². The number of nitrogens with one attached hydrogen (secondary N) is 1. The van der Waals surface area contributed by atoms with Gasteiger partial charge in [0, 0.05) is 31.9 Å². The summed E-state index contributed by atoms with van der Waals surface area (Å²) in [5.74, 6) is 0.608. The summed E-state index contributed by atoms with van der Waals surface area (Å²) in [4.78, 5) is 30.3. The Kier molecular flexibility index (Phi) is 5.97. The summed E-state index contributed by atoms with van der Waals surface area (Å²) in [6.07, 6.45) is 4.38. The van der Waals surface area contributed by atoms with Gasteiger partial charge < -0.3 is 15.0 Å². The summed E-state index contributed by atoms with van der Waals surface area (Å²) in [5, 5.41) is 2.89. The molecule has 0 aliphatic carbocycles. The lowest BCUT2D eigenvalue weighted by atomic mass is 9.86. The number of hydrogen-bond acceptors (Lipinski definition) is 4. The molecule has 0 fully saturated rings. The molecule has 6 nitrogen and oxygen atoms in total. The van der Waals surface area contributed by atoms with Crippen LogP contribution in [-0.2, 0) is 21.5 Å². The third-order valence-corrected chi connectivity index (χ3v) is 4.77. The molecule has 6 heteroatoms. The first-order valence-corrected chi connectivity index (χ1v) is 9.58. The molecule has 0 bridgehead atoms. The zero-order valence-corrected chi connectivity index (χ0v) is 16.7. The summed E-state index contributed by atoms with van der Waals surface area (Å²) < 4.78 is 5.57. The fourth-order valence-electron chi connectivity index (χ4n) is 3.10. The van der Waals surface area contributed by atoms with Crippen LogP contribution in [0, 0.1) is 0 Å². The van der Waals surface area contributed by atoms with Crippen molar-refractivity contribution in [3.8, 4) is 5.75 Å². The maximum absolute atomic E-state index is 12.4. The first-order valence-electron chi connectivity index (χ1n) is 9.58. The summed E-state index contributed by atoms with van der Waals surface area (Å²) in [7, 11) is 0. The highest BCUT2D eigenvalue weighted by molar-refractivity contribution is 5.98. The van der Waals surface area contributed by atoms with Gasteiger partial charge in [0.15, 0.2) is 6.61 Å². The van der Waals surface area contributed by atoms with Gasteiger partial charge in [-0.3, -0.25) is 14.6 Å². The van der Waals surface area contributed by atoms with Crippen LogP contribution in [0.5, 0.6) is 5.75 Å². The van der Waals surface area contributed by atoms with E-state index in [0.29, 0.717) is 31.7 Å². The third kappa shape index (κ3) is 4.88. The number of ether oxygens (including phenoxy) is 1. The molecule has 2 aromatic rings. The van der Waals surface area contributed by atoms with Gasteiger partial charge in [-0.25, -0.2) is 0 Å². The fraction of sp³-hybridized carbons (Fsp3) is 0.409. The summed E-state index contributed by atoms with van der Waals surface area (Å²) in [6, 6.07) is 9.75. The number of benzene rings is 1. The standard InChI is InChI=1S/C22H27N3O3/c1-22(2,3)17-8-9-19-18(12-17)25(21(27)15-28-19)11-5-7-20(26)24-14-16-6-4-10-23-13-16/h4,6,8-10,12-13H,5,7,11,14-15H2,1-3H3,(H,24,26). The smallest absolute Gasteiger partial charge is 0.265 e. The Morgan fingerprint density at radius 1 is 1.29 bits per heavy atom. The molecule has 1 N–H and O–H groups in total. The molecular weight excluding hydrogens is 354 g/mol. The number of rotatable bonds is 6. The summed E-state index contributed by atoms with van der Waals surface area (Å²) >= 11 is 0. The lowest BCUT2D eigenvalue weighted by molar-refractivity contribution is -0.123. The molecule has 1 aromatic carbocycles. The van der Waals surface area contributed by atoms with E-state index in [-0.39, 0.29) is 23.8 Å². The summed E-state index contributed by atoms with van der Waals surface area (Å²) in [6.45, 7) is 7.39. The second kappa shape index (κ2) is 8.42. The normalized spacial score (nSPS) is 13.7. The highest BCUT2D eigenvalue weighted by Crippen LogP contribution is 2.36. The van der Waals surface area contributed by atoms with Crippen LogP contribution < -0.4 is 15.0 Å². The Morgan fingerprint density at radius 2 is 2.11 bits per heavy atom. The van der Waals surface area contributed by atoms with Crippen molar-refractivity contribution in [1.82, 2.24) is 10.3 Å². The molecule has 0 spiro atoms. The topological polar surface area (TPSA) is 71.5 Å². The molecule has 1 aliphatic rings. The van der Waals surface area contributed by atoms with E-state index in [4.69, 9.17) is 4.74 Å². The second-order valence-corrected chi connectivity index (χ2v) is 8.01. The molecule has 1 aromatic heterocycles. The van der Waals surface area contributed by atoms with Gasteiger partial charge in [0.2, 0.25) is 5.91 Å². The lowest BCUT2D eigenvalue weighted by Gasteiger charge is -2.31. The van der Waals surface area contributed by atoms with Crippen LogP contribution in [0.1, 0.15) is 44.7 Å². The monoisotopic (exact) mass is 381 g/mol. The predicted octanol–water partition coefficient (Wildman–Crippen LogP) is 3.20. The SMILES string of the molecule is CC(C)(C)c1ccc2c(c1)N(CCCC(=O)NCc1cccnc1)C(=O)CO2. The van der Waals surface area contributed by atoms with E-state index in [0.717, 1.165) is 16.8 Å². The number of nitrogens with zero attached hydrogens (tertiary/aromatic N) is 2. The van der Waals surface area contributed by atoms with Crippen molar-refractivity contribution in [1.29, 1.82) is 0 Å². The average molecular weight is 381 g/mol. The Balaban J connectivity index is 1.58. The number of pyridine rings is 1. The Labute approximate surface area is 165 Å².